The molecular weight excluding hydrogens is 204 g/mol. The van der Waals surface area contributed by atoms with Crippen LogP contribution in [-0.4, -0.2) is 43.7 Å². The molecule has 1 aliphatic carbocycles. The fourth-order valence-corrected chi connectivity index (χ4v) is 2.69. The molecule has 2 rings (SSSR count). The zero-order chi connectivity index (χ0) is 11.6. The van der Waals surface area contributed by atoms with Crippen molar-refractivity contribution in [1.29, 1.82) is 0 Å². The molecule has 4 nitrogen and oxygen atoms in total. The standard InChI is InChI=1S/C12H22N2O2/c1-14(8-10-4-2-7-16-10)11(15)12(9-13)5-3-6-12/h10H,2-9,13H2,1H3. The van der Waals surface area contributed by atoms with Crippen molar-refractivity contribution in [2.75, 3.05) is 26.7 Å². The summed E-state index contributed by atoms with van der Waals surface area (Å²) in [6.45, 7) is 2.05. The maximum Gasteiger partial charge on any atom is 0.229 e. The maximum absolute atomic E-state index is 12.3. The normalized spacial score (nSPS) is 27.5. The average Bonchev–Trinajstić information content (AvgIpc) is 2.69. The van der Waals surface area contributed by atoms with Gasteiger partial charge < -0.3 is 15.4 Å². The monoisotopic (exact) mass is 226 g/mol. The molecule has 1 saturated carbocycles. The molecule has 0 bridgehead atoms. The van der Waals surface area contributed by atoms with Gasteiger partial charge in [0.2, 0.25) is 5.91 Å². The van der Waals surface area contributed by atoms with Crippen LogP contribution in [0.3, 0.4) is 0 Å². The van der Waals surface area contributed by atoms with E-state index in [1.807, 2.05) is 11.9 Å². The van der Waals surface area contributed by atoms with E-state index in [9.17, 15) is 4.79 Å². The number of ether oxygens (including phenoxy) is 1. The van der Waals surface area contributed by atoms with Gasteiger partial charge in [-0.25, -0.2) is 0 Å². The van der Waals surface area contributed by atoms with E-state index in [0.29, 0.717) is 6.54 Å². The minimum absolute atomic E-state index is 0.219. The zero-order valence-corrected chi connectivity index (χ0v) is 10.1. The van der Waals surface area contributed by atoms with Gasteiger partial charge in [-0.05, 0) is 25.7 Å². The van der Waals surface area contributed by atoms with Gasteiger partial charge in [-0.2, -0.15) is 0 Å². The molecule has 2 fully saturated rings. The van der Waals surface area contributed by atoms with E-state index in [4.69, 9.17) is 10.5 Å². The van der Waals surface area contributed by atoms with Crippen LogP contribution in [0.2, 0.25) is 0 Å². The molecule has 4 heteroatoms. The number of rotatable bonds is 4. The second kappa shape index (κ2) is 4.72. The highest BCUT2D eigenvalue weighted by Crippen LogP contribution is 2.41. The minimum Gasteiger partial charge on any atom is -0.376 e. The number of hydrogen-bond donors (Lipinski definition) is 1. The molecule has 16 heavy (non-hydrogen) atoms. The van der Waals surface area contributed by atoms with Gasteiger partial charge in [0.1, 0.15) is 0 Å². The fourth-order valence-electron chi connectivity index (χ4n) is 2.69. The number of hydrogen-bond acceptors (Lipinski definition) is 3. The number of carbonyl (C=O) groups excluding carboxylic acids is 1. The lowest BCUT2D eigenvalue weighted by Crippen LogP contribution is -2.52. The van der Waals surface area contributed by atoms with Crippen LogP contribution in [0.1, 0.15) is 32.1 Å². The smallest absolute Gasteiger partial charge is 0.229 e. The van der Waals surface area contributed by atoms with Gasteiger partial charge in [-0.3, -0.25) is 4.79 Å². The van der Waals surface area contributed by atoms with Crippen molar-refractivity contribution in [1.82, 2.24) is 4.90 Å². The van der Waals surface area contributed by atoms with Crippen LogP contribution < -0.4 is 5.73 Å². The third kappa shape index (κ3) is 2.09. The molecular formula is C12H22N2O2. The fraction of sp³-hybridized carbons (Fsp3) is 0.917. The Bertz CT molecular complexity index is 252. The molecule has 1 amide bonds. The molecule has 92 valence electrons. The third-order valence-electron chi connectivity index (χ3n) is 4.00. The van der Waals surface area contributed by atoms with Crippen LogP contribution in [0.25, 0.3) is 0 Å². The van der Waals surface area contributed by atoms with Crippen molar-refractivity contribution in [3.8, 4) is 0 Å². The Balaban J connectivity index is 1.88. The molecule has 0 radical (unpaired) electrons. The van der Waals surface area contributed by atoms with Crippen LogP contribution in [0.4, 0.5) is 0 Å². The van der Waals surface area contributed by atoms with Gasteiger partial charge in [0.05, 0.1) is 11.5 Å². The quantitative estimate of drug-likeness (QED) is 0.769. The van der Waals surface area contributed by atoms with Crippen molar-refractivity contribution in [2.45, 2.75) is 38.2 Å². The summed E-state index contributed by atoms with van der Waals surface area (Å²) in [4.78, 5) is 14.1. The molecule has 1 heterocycles. The zero-order valence-electron chi connectivity index (χ0n) is 10.1. The van der Waals surface area contributed by atoms with E-state index in [0.717, 1.165) is 45.3 Å². The van der Waals surface area contributed by atoms with E-state index >= 15 is 0 Å². The predicted molar refractivity (Wildman–Crippen MR) is 61.9 cm³/mol. The van der Waals surface area contributed by atoms with Gasteiger partial charge in [0.25, 0.3) is 0 Å². The Labute approximate surface area is 97.1 Å². The minimum atomic E-state index is -0.243. The number of carbonyl (C=O) groups is 1. The van der Waals surface area contributed by atoms with Crippen molar-refractivity contribution < 1.29 is 9.53 Å². The summed E-state index contributed by atoms with van der Waals surface area (Å²) in [7, 11) is 1.87. The highest BCUT2D eigenvalue weighted by atomic mass is 16.5. The molecule has 0 spiro atoms. The Morgan fingerprint density at radius 1 is 1.50 bits per heavy atom. The largest absolute Gasteiger partial charge is 0.376 e. The summed E-state index contributed by atoms with van der Waals surface area (Å²) in [5.41, 5.74) is 5.49. The summed E-state index contributed by atoms with van der Waals surface area (Å²) in [6, 6.07) is 0. The Hall–Kier alpha value is -0.610. The average molecular weight is 226 g/mol. The molecule has 0 aromatic carbocycles. The molecule has 1 saturated heterocycles. The molecule has 0 aromatic heterocycles. The maximum atomic E-state index is 12.3. The first-order chi connectivity index (χ1) is 7.68. The van der Waals surface area contributed by atoms with Crippen LogP contribution in [0.5, 0.6) is 0 Å². The summed E-state index contributed by atoms with van der Waals surface area (Å²) in [5, 5.41) is 0. The molecule has 0 aromatic rings. The van der Waals surface area contributed by atoms with E-state index < -0.39 is 0 Å². The van der Waals surface area contributed by atoms with Gasteiger partial charge in [-0.1, -0.05) is 6.42 Å². The Morgan fingerprint density at radius 2 is 2.25 bits per heavy atom. The topological polar surface area (TPSA) is 55.6 Å². The summed E-state index contributed by atoms with van der Waals surface area (Å²) >= 11 is 0. The summed E-state index contributed by atoms with van der Waals surface area (Å²) in [6.07, 6.45) is 5.48. The first kappa shape index (κ1) is 11.9. The van der Waals surface area contributed by atoms with E-state index in [1.165, 1.54) is 0 Å². The van der Waals surface area contributed by atoms with Crippen LogP contribution in [0, 0.1) is 5.41 Å². The van der Waals surface area contributed by atoms with E-state index in [1.54, 1.807) is 0 Å². The first-order valence-corrected chi connectivity index (χ1v) is 6.25. The molecule has 2 N–H and O–H groups in total. The highest BCUT2D eigenvalue weighted by molar-refractivity contribution is 5.83. The van der Waals surface area contributed by atoms with Crippen molar-refractivity contribution >= 4 is 5.91 Å². The second-order valence-electron chi connectivity index (χ2n) is 5.16. The van der Waals surface area contributed by atoms with Gasteiger partial charge in [0, 0.05) is 26.7 Å². The van der Waals surface area contributed by atoms with Gasteiger partial charge in [-0.15, -0.1) is 0 Å². The third-order valence-corrected chi connectivity index (χ3v) is 4.00. The summed E-state index contributed by atoms with van der Waals surface area (Å²) < 4.78 is 5.55. The van der Waals surface area contributed by atoms with Crippen molar-refractivity contribution in [3.05, 3.63) is 0 Å². The Kier molecular flexibility index (Phi) is 3.50. The van der Waals surface area contributed by atoms with E-state index in [2.05, 4.69) is 0 Å². The summed E-state index contributed by atoms with van der Waals surface area (Å²) in [5.74, 6) is 0.219. The number of nitrogens with zero attached hydrogens (tertiary/aromatic N) is 1. The van der Waals surface area contributed by atoms with Crippen LogP contribution in [-0.2, 0) is 9.53 Å². The van der Waals surface area contributed by atoms with Gasteiger partial charge in [0.15, 0.2) is 0 Å². The molecule has 1 unspecified atom stereocenters. The van der Waals surface area contributed by atoms with Crippen molar-refractivity contribution in [3.63, 3.8) is 0 Å². The van der Waals surface area contributed by atoms with E-state index in [-0.39, 0.29) is 17.4 Å². The molecule has 1 aliphatic heterocycles. The molecule has 1 atom stereocenters. The van der Waals surface area contributed by atoms with Crippen LogP contribution in [0.15, 0.2) is 0 Å². The van der Waals surface area contributed by atoms with Crippen molar-refractivity contribution in [2.24, 2.45) is 11.1 Å². The Morgan fingerprint density at radius 3 is 2.69 bits per heavy atom. The van der Waals surface area contributed by atoms with Crippen LogP contribution >= 0.6 is 0 Å². The predicted octanol–water partition coefficient (Wildman–Crippen LogP) is 0.753. The molecule has 2 aliphatic rings. The number of nitrogens with two attached hydrogens (primary N) is 1. The number of likely N-dealkylation sites (N-methyl/N-ethyl adjacent to an activating group) is 1. The SMILES string of the molecule is CN(CC1CCCO1)C(=O)C1(CN)CCC1. The number of amides is 1. The lowest BCUT2D eigenvalue weighted by molar-refractivity contribution is -0.146. The van der Waals surface area contributed by atoms with Gasteiger partial charge >= 0.3 is 0 Å². The highest BCUT2D eigenvalue weighted by Gasteiger charge is 2.44. The lowest BCUT2D eigenvalue weighted by Gasteiger charge is -2.42. The first-order valence-electron chi connectivity index (χ1n) is 6.25. The second-order valence-corrected chi connectivity index (χ2v) is 5.16. The lowest BCUT2D eigenvalue weighted by atomic mass is 9.68.